The third kappa shape index (κ3) is 2.93. The molecule has 0 atom stereocenters. The van der Waals surface area contributed by atoms with Gasteiger partial charge in [-0.05, 0) is 25.7 Å². The minimum Gasteiger partial charge on any atom is -0.480 e. The van der Waals surface area contributed by atoms with Gasteiger partial charge in [0.25, 0.3) is 0 Å². The molecule has 1 heterocycles. The molecule has 0 unspecified atom stereocenters. The van der Waals surface area contributed by atoms with E-state index in [0.717, 1.165) is 5.56 Å². The van der Waals surface area contributed by atoms with E-state index in [1.54, 1.807) is 12.3 Å². The second kappa shape index (κ2) is 5.46. The van der Waals surface area contributed by atoms with Crippen LogP contribution in [0.15, 0.2) is 12.3 Å². The van der Waals surface area contributed by atoms with Crippen molar-refractivity contribution in [1.82, 2.24) is 9.88 Å². The van der Waals surface area contributed by atoms with Crippen LogP contribution in [0.3, 0.4) is 0 Å². The molecule has 0 aliphatic rings. The maximum absolute atomic E-state index is 11.5. The largest absolute Gasteiger partial charge is 0.480 e. The van der Waals surface area contributed by atoms with Crippen LogP contribution in [-0.2, 0) is 11.3 Å². The number of hydrogen-bond acceptors (Lipinski definition) is 5. The predicted molar refractivity (Wildman–Crippen MR) is 59.5 cm³/mol. The Bertz CT molecular complexity index is 377. The van der Waals surface area contributed by atoms with Crippen molar-refractivity contribution in [2.45, 2.75) is 6.54 Å². The van der Waals surface area contributed by atoms with E-state index in [9.17, 15) is 4.79 Å². The van der Waals surface area contributed by atoms with Gasteiger partial charge in [-0.2, -0.15) is 0 Å². The summed E-state index contributed by atoms with van der Waals surface area (Å²) in [4.78, 5) is 17.5. The topological polar surface area (TPSA) is 51.7 Å². The molecule has 1 aromatic heterocycles. The highest BCUT2D eigenvalue weighted by Gasteiger charge is 2.14. The molecule has 0 saturated carbocycles. The Kier molecular flexibility index (Phi) is 4.25. The Morgan fingerprint density at radius 3 is 2.62 bits per heavy atom. The summed E-state index contributed by atoms with van der Waals surface area (Å²) in [6, 6.07) is 1.73. The average molecular weight is 224 g/mol. The zero-order chi connectivity index (χ0) is 12.1. The molecule has 0 bridgehead atoms. The van der Waals surface area contributed by atoms with Gasteiger partial charge < -0.3 is 14.4 Å². The van der Waals surface area contributed by atoms with Crippen LogP contribution < -0.4 is 4.74 Å². The minimum atomic E-state index is -0.440. The Hall–Kier alpha value is -1.62. The molecule has 1 aromatic rings. The number of ether oxygens (including phenoxy) is 2. The number of aromatic nitrogens is 1. The zero-order valence-corrected chi connectivity index (χ0v) is 9.98. The van der Waals surface area contributed by atoms with Gasteiger partial charge in [0.1, 0.15) is 5.56 Å². The summed E-state index contributed by atoms with van der Waals surface area (Å²) in [5.41, 5.74) is 1.29. The van der Waals surface area contributed by atoms with Crippen molar-refractivity contribution in [3.63, 3.8) is 0 Å². The number of carbonyl (C=O) groups is 1. The van der Waals surface area contributed by atoms with Gasteiger partial charge in [0, 0.05) is 12.7 Å². The monoisotopic (exact) mass is 224 g/mol. The lowest BCUT2D eigenvalue weighted by Crippen LogP contribution is -2.13. The first-order valence-electron chi connectivity index (χ1n) is 4.84. The van der Waals surface area contributed by atoms with Crippen LogP contribution in [-0.4, -0.2) is 44.2 Å². The first kappa shape index (κ1) is 12.4. The summed E-state index contributed by atoms with van der Waals surface area (Å²) in [5.74, 6) is -0.153. The standard InChI is InChI=1S/C11H16N2O3/c1-13(2)7-8-5-9(11(14)16-4)10(15-3)12-6-8/h5-6H,7H2,1-4H3. The van der Waals surface area contributed by atoms with E-state index in [0.29, 0.717) is 12.1 Å². The van der Waals surface area contributed by atoms with Crippen molar-refractivity contribution in [1.29, 1.82) is 0 Å². The Balaban J connectivity index is 3.06. The summed E-state index contributed by atoms with van der Waals surface area (Å²) in [7, 11) is 6.70. The fourth-order valence-corrected chi connectivity index (χ4v) is 1.37. The molecule has 5 heteroatoms. The maximum Gasteiger partial charge on any atom is 0.343 e. The van der Waals surface area contributed by atoms with Crippen LogP contribution in [0.4, 0.5) is 0 Å². The SMILES string of the molecule is COC(=O)c1cc(CN(C)C)cnc1OC. The highest BCUT2D eigenvalue weighted by Crippen LogP contribution is 2.17. The minimum absolute atomic E-state index is 0.286. The number of hydrogen-bond donors (Lipinski definition) is 0. The van der Waals surface area contributed by atoms with Gasteiger partial charge in [0.05, 0.1) is 14.2 Å². The number of nitrogens with zero attached hydrogens (tertiary/aromatic N) is 2. The summed E-state index contributed by atoms with van der Waals surface area (Å²) >= 11 is 0. The molecule has 0 radical (unpaired) electrons. The van der Waals surface area contributed by atoms with Gasteiger partial charge in [0.2, 0.25) is 5.88 Å². The number of esters is 1. The predicted octanol–water partition coefficient (Wildman–Crippen LogP) is 0.938. The molecule has 16 heavy (non-hydrogen) atoms. The van der Waals surface area contributed by atoms with Gasteiger partial charge >= 0.3 is 5.97 Å². The van der Waals surface area contributed by atoms with Crippen LogP contribution in [0.5, 0.6) is 5.88 Å². The van der Waals surface area contributed by atoms with E-state index in [2.05, 4.69) is 9.72 Å². The summed E-state index contributed by atoms with van der Waals surface area (Å²) in [6.45, 7) is 0.709. The summed E-state index contributed by atoms with van der Waals surface area (Å²) in [5, 5.41) is 0. The van der Waals surface area contributed by atoms with Crippen LogP contribution in [0, 0.1) is 0 Å². The second-order valence-electron chi connectivity index (χ2n) is 3.63. The van der Waals surface area contributed by atoms with Crippen LogP contribution in [0.1, 0.15) is 15.9 Å². The molecule has 0 aromatic carbocycles. The third-order valence-corrected chi connectivity index (χ3v) is 2.01. The highest BCUT2D eigenvalue weighted by atomic mass is 16.5. The fourth-order valence-electron chi connectivity index (χ4n) is 1.37. The van der Waals surface area contributed by atoms with Crippen LogP contribution >= 0.6 is 0 Å². The smallest absolute Gasteiger partial charge is 0.343 e. The van der Waals surface area contributed by atoms with Crippen molar-refractivity contribution < 1.29 is 14.3 Å². The van der Waals surface area contributed by atoms with Crippen molar-refractivity contribution in [2.75, 3.05) is 28.3 Å². The maximum atomic E-state index is 11.5. The molecule has 0 fully saturated rings. The number of pyridine rings is 1. The number of carbonyl (C=O) groups excluding carboxylic acids is 1. The van der Waals surface area contributed by atoms with E-state index in [1.165, 1.54) is 14.2 Å². The van der Waals surface area contributed by atoms with Crippen molar-refractivity contribution in [3.05, 3.63) is 23.4 Å². The first-order valence-corrected chi connectivity index (χ1v) is 4.84. The average Bonchev–Trinajstić information content (AvgIpc) is 2.27. The molecule has 5 nitrogen and oxygen atoms in total. The van der Waals surface area contributed by atoms with Crippen LogP contribution in [0.2, 0.25) is 0 Å². The molecule has 0 aliphatic heterocycles. The molecule has 0 spiro atoms. The third-order valence-electron chi connectivity index (χ3n) is 2.01. The van der Waals surface area contributed by atoms with Crippen molar-refractivity contribution in [3.8, 4) is 5.88 Å². The van der Waals surface area contributed by atoms with Gasteiger partial charge in [0.15, 0.2) is 0 Å². The Morgan fingerprint density at radius 2 is 2.12 bits per heavy atom. The highest BCUT2D eigenvalue weighted by molar-refractivity contribution is 5.91. The van der Waals surface area contributed by atoms with Gasteiger partial charge in [-0.3, -0.25) is 0 Å². The van der Waals surface area contributed by atoms with Gasteiger partial charge in [-0.25, -0.2) is 9.78 Å². The van der Waals surface area contributed by atoms with Gasteiger partial charge in [-0.15, -0.1) is 0 Å². The van der Waals surface area contributed by atoms with E-state index in [4.69, 9.17) is 4.74 Å². The molecule has 88 valence electrons. The van der Waals surface area contributed by atoms with E-state index >= 15 is 0 Å². The number of rotatable bonds is 4. The van der Waals surface area contributed by atoms with E-state index < -0.39 is 5.97 Å². The van der Waals surface area contributed by atoms with E-state index in [-0.39, 0.29) is 5.88 Å². The lowest BCUT2D eigenvalue weighted by atomic mass is 10.2. The molecular formula is C11H16N2O3. The molecular weight excluding hydrogens is 208 g/mol. The van der Waals surface area contributed by atoms with Crippen molar-refractivity contribution >= 4 is 5.97 Å². The lowest BCUT2D eigenvalue weighted by molar-refractivity contribution is 0.0596. The van der Waals surface area contributed by atoms with Crippen LogP contribution in [0.25, 0.3) is 0 Å². The molecule has 0 aliphatic carbocycles. The zero-order valence-electron chi connectivity index (χ0n) is 9.98. The molecule has 0 saturated heterocycles. The van der Waals surface area contributed by atoms with E-state index in [1.807, 2.05) is 19.0 Å². The molecule has 0 N–H and O–H groups in total. The Morgan fingerprint density at radius 1 is 1.44 bits per heavy atom. The fraction of sp³-hybridized carbons (Fsp3) is 0.455. The number of methoxy groups -OCH3 is 2. The lowest BCUT2D eigenvalue weighted by Gasteiger charge is -2.11. The van der Waals surface area contributed by atoms with Gasteiger partial charge in [-0.1, -0.05) is 0 Å². The van der Waals surface area contributed by atoms with Crippen molar-refractivity contribution in [2.24, 2.45) is 0 Å². The summed E-state index contributed by atoms with van der Waals surface area (Å²) < 4.78 is 9.67. The first-order chi connectivity index (χ1) is 7.58. The molecule has 0 amide bonds. The second-order valence-corrected chi connectivity index (χ2v) is 3.63. The Labute approximate surface area is 95.0 Å². The quantitative estimate of drug-likeness (QED) is 0.712. The molecule has 1 rings (SSSR count). The summed E-state index contributed by atoms with van der Waals surface area (Å²) in [6.07, 6.45) is 1.69. The normalized spacial score (nSPS) is 10.3.